The van der Waals surface area contributed by atoms with Crippen LogP contribution in [0.15, 0.2) is 0 Å². The molecule has 0 aromatic rings. The van der Waals surface area contributed by atoms with Crippen molar-refractivity contribution in [2.24, 2.45) is 5.73 Å². The summed E-state index contributed by atoms with van der Waals surface area (Å²) < 4.78 is 32.9. The zero-order valence-corrected chi connectivity index (χ0v) is 39.2. The highest BCUT2D eigenvalue weighted by Gasteiger charge is 2.26. The summed E-state index contributed by atoms with van der Waals surface area (Å²) in [4.78, 5) is 35.0. The molecule has 0 aromatic heterocycles. The van der Waals surface area contributed by atoms with Crippen molar-refractivity contribution >= 4 is 19.8 Å². The number of carbonyl (C=O) groups excluding carboxylic acids is 2. The smallest absolute Gasteiger partial charge is 0.462 e. The van der Waals surface area contributed by atoms with Crippen LogP contribution in [0.4, 0.5) is 0 Å². The zero-order valence-electron chi connectivity index (χ0n) is 38.3. The van der Waals surface area contributed by atoms with Crippen LogP contribution in [0.3, 0.4) is 0 Å². The molecule has 0 fully saturated rings. The van der Waals surface area contributed by atoms with E-state index >= 15 is 0 Å². The van der Waals surface area contributed by atoms with Gasteiger partial charge in [0.2, 0.25) is 0 Å². The maximum atomic E-state index is 12.6. The second-order valence-electron chi connectivity index (χ2n) is 17.1. The minimum absolute atomic E-state index is 0.0583. The normalized spacial score (nSPS) is 13.1. The third kappa shape index (κ3) is 44.6. The van der Waals surface area contributed by atoms with Gasteiger partial charge in [-0.2, -0.15) is 0 Å². The van der Waals surface area contributed by atoms with Crippen LogP contribution in [0.2, 0.25) is 0 Å². The van der Waals surface area contributed by atoms with Gasteiger partial charge in [-0.1, -0.05) is 239 Å². The number of ether oxygens (including phenoxy) is 2. The molecule has 0 saturated carbocycles. The summed E-state index contributed by atoms with van der Waals surface area (Å²) >= 11 is 0. The first-order valence-electron chi connectivity index (χ1n) is 25.0. The molecule has 58 heavy (non-hydrogen) atoms. The number of hydrogen-bond acceptors (Lipinski definition) is 8. The molecule has 0 saturated heterocycles. The largest absolute Gasteiger partial charge is 0.472 e. The van der Waals surface area contributed by atoms with Crippen molar-refractivity contribution in [3.63, 3.8) is 0 Å². The van der Waals surface area contributed by atoms with Gasteiger partial charge in [-0.25, -0.2) is 4.57 Å². The summed E-state index contributed by atoms with van der Waals surface area (Å²) in [7, 11) is -4.37. The van der Waals surface area contributed by atoms with Crippen LogP contribution in [0.25, 0.3) is 0 Å². The van der Waals surface area contributed by atoms with E-state index in [-0.39, 0.29) is 38.6 Å². The van der Waals surface area contributed by atoms with E-state index in [1.54, 1.807) is 0 Å². The maximum absolute atomic E-state index is 12.6. The van der Waals surface area contributed by atoms with Gasteiger partial charge in [0.1, 0.15) is 6.61 Å². The number of unbranched alkanes of at least 4 members (excludes halogenated alkanes) is 35. The predicted molar refractivity (Wildman–Crippen MR) is 243 cm³/mol. The van der Waals surface area contributed by atoms with Crippen LogP contribution in [0.5, 0.6) is 0 Å². The summed E-state index contributed by atoms with van der Waals surface area (Å²) in [6.45, 7) is 3.80. The lowest BCUT2D eigenvalue weighted by molar-refractivity contribution is -0.161. The van der Waals surface area contributed by atoms with Crippen molar-refractivity contribution in [2.45, 2.75) is 270 Å². The van der Waals surface area contributed by atoms with E-state index in [0.717, 1.165) is 32.1 Å². The van der Waals surface area contributed by atoms with Gasteiger partial charge in [-0.3, -0.25) is 18.6 Å². The Kier molecular flexibility index (Phi) is 44.8. The Bertz CT molecular complexity index is 922. The first kappa shape index (κ1) is 57.0. The maximum Gasteiger partial charge on any atom is 0.472 e. The number of carbonyl (C=O) groups is 2. The van der Waals surface area contributed by atoms with Crippen molar-refractivity contribution in [1.82, 2.24) is 0 Å². The number of phosphoric acid groups is 1. The third-order valence-electron chi connectivity index (χ3n) is 11.2. The number of esters is 2. The number of rotatable bonds is 48. The van der Waals surface area contributed by atoms with E-state index in [2.05, 4.69) is 13.8 Å². The Morgan fingerprint density at radius 2 is 0.741 bits per heavy atom. The van der Waals surface area contributed by atoms with E-state index in [0.29, 0.717) is 6.42 Å². The number of phosphoric ester groups is 1. The van der Waals surface area contributed by atoms with Crippen LogP contribution in [0.1, 0.15) is 264 Å². The average Bonchev–Trinajstić information content (AvgIpc) is 3.21. The Labute approximate surface area is 358 Å². The van der Waals surface area contributed by atoms with Crippen LogP contribution < -0.4 is 5.73 Å². The lowest BCUT2D eigenvalue weighted by atomic mass is 10.0. The van der Waals surface area contributed by atoms with Gasteiger partial charge >= 0.3 is 19.8 Å². The van der Waals surface area contributed by atoms with E-state index in [1.807, 2.05) is 0 Å². The van der Waals surface area contributed by atoms with Crippen LogP contribution in [-0.4, -0.2) is 49.3 Å². The minimum atomic E-state index is -4.37. The molecular formula is C48H96NO8P. The van der Waals surface area contributed by atoms with Gasteiger partial charge < -0.3 is 20.1 Å². The molecule has 0 radical (unpaired) electrons. The fourth-order valence-corrected chi connectivity index (χ4v) is 8.29. The second-order valence-corrected chi connectivity index (χ2v) is 18.5. The lowest BCUT2D eigenvalue weighted by Crippen LogP contribution is -2.29. The van der Waals surface area contributed by atoms with E-state index in [9.17, 15) is 19.0 Å². The molecule has 10 heteroatoms. The van der Waals surface area contributed by atoms with Crippen LogP contribution >= 0.6 is 7.82 Å². The molecule has 2 unspecified atom stereocenters. The van der Waals surface area contributed by atoms with Gasteiger partial charge in [0.15, 0.2) is 6.10 Å². The first-order chi connectivity index (χ1) is 28.3. The van der Waals surface area contributed by atoms with Gasteiger partial charge in [0.25, 0.3) is 0 Å². The molecule has 3 N–H and O–H groups in total. The first-order valence-corrected chi connectivity index (χ1v) is 26.5. The third-order valence-corrected chi connectivity index (χ3v) is 12.2. The Balaban J connectivity index is 3.98. The molecule has 0 spiro atoms. The number of nitrogens with two attached hydrogens (primary N) is 1. The molecule has 0 rings (SSSR count). The van der Waals surface area contributed by atoms with Gasteiger partial charge in [0.05, 0.1) is 13.2 Å². The molecule has 0 aliphatic carbocycles. The molecule has 0 aliphatic rings. The van der Waals surface area contributed by atoms with E-state index in [4.69, 9.17) is 24.3 Å². The van der Waals surface area contributed by atoms with E-state index in [1.165, 1.54) is 199 Å². The van der Waals surface area contributed by atoms with Crippen molar-refractivity contribution < 1.29 is 37.6 Å². The topological polar surface area (TPSA) is 134 Å². The summed E-state index contributed by atoms with van der Waals surface area (Å²) in [6, 6.07) is 0. The van der Waals surface area contributed by atoms with Crippen LogP contribution in [0, 0.1) is 0 Å². The monoisotopic (exact) mass is 846 g/mol. The highest BCUT2D eigenvalue weighted by Crippen LogP contribution is 2.43. The average molecular weight is 846 g/mol. The standard InChI is InChI=1S/C48H96NO8P/c1-3-5-7-9-11-13-15-17-19-20-21-22-23-24-25-27-29-31-33-35-37-39-41-48(51)57-46(45-56-58(52,53)55-43-42-49)44-54-47(50)40-38-36-34-32-30-28-26-18-16-14-12-10-8-6-4-2/h46H,3-45,49H2,1-2H3,(H,52,53). The zero-order chi connectivity index (χ0) is 42.5. The quantitative estimate of drug-likeness (QED) is 0.0349. The molecular weight excluding hydrogens is 750 g/mol. The highest BCUT2D eigenvalue weighted by molar-refractivity contribution is 7.47. The van der Waals surface area contributed by atoms with Crippen molar-refractivity contribution in [3.05, 3.63) is 0 Å². The summed E-state index contributed by atoms with van der Waals surface area (Å²) in [5.41, 5.74) is 5.36. The van der Waals surface area contributed by atoms with Crippen LogP contribution in [-0.2, 0) is 32.7 Å². The van der Waals surface area contributed by atoms with Gasteiger partial charge in [-0.15, -0.1) is 0 Å². The van der Waals surface area contributed by atoms with Gasteiger partial charge in [-0.05, 0) is 12.8 Å². The lowest BCUT2D eigenvalue weighted by Gasteiger charge is -2.19. The van der Waals surface area contributed by atoms with Crippen molar-refractivity contribution in [1.29, 1.82) is 0 Å². The Hall–Kier alpha value is -0.990. The Morgan fingerprint density at radius 1 is 0.448 bits per heavy atom. The van der Waals surface area contributed by atoms with Crippen molar-refractivity contribution in [2.75, 3.05) is 26.4 Å². The molecule has 346 valence electrons. The van der Waals surface area contributed by atoms with Crippen molar-refractivity contribution in [3.8, 4) is 0 Å². The fourth-order valence-electron chi connectivity index (χ4n) is 7.52. The molecule has 0 amide bonds. The fraction of sp³-hybridized carbons (Fsp3) is 0.958. The summed E-state index contributed by atoms with van der Waals surface area (Å²) in [5.74, 6) is -0.808. The predicted octanol–water partition coefficient (Wildman–Crippen LogP) is 14.8. The highest BCUT2D eigenvalue weighted by atomic mass is 31.2. The molecule has 0 bridgehead atoms. The molecule has 0 aliphatic heterocycles. The molecule has 0 heterocycles. The SMILES string of the molecule is CCCCCCCCCCCCCCCCCCCCCCCCC(=O)OC(COC(=O)CCCCCCCCCCCCCCCCC)COP(=O)(O)OCCN. The molecule has 9 nitrogen and oxygen atoms in total. The Morgan fingerprint density at radius 3 is 1.05 bits per heavy atom. The number of hydrogen-bond donors (Lipinski definition) is 2. The summed E-state index contributed by atoms with van der Waals surface area (Å²) in [5, 5.41) is 0. The summed E-state index contributed by atoms with van der Waals surface area (Å²) in [6.07, 6.45) is 47.1. The van der Waals surface area contributed by atoms with Gasteiger partial charge in [0, 0.05) is 19.4 Å². The molecule has 0 aromatic carbocycles. The van der Waals surface area contributed by atoms with E-state index < -0.39 is 26.5 Å². The minimum Gasteiger partial charge on any atom is -0.462 e. The molecule has 2 atom stereocenters. The second kappa shape index (κ2) is 45.5.